The lowest BCUT2D eigenvalue weighted by Crippen LogP contribution is -2.45. The summed E-state index contributed by atoms with van der Waals surface area (Å²) in [7, 11) is 0. The van der Waals surface area contributed by atoms with E-state index in [9.17, 15) is 14.4 Å². The van der Waals surface area contributed by atoms with E-state index >= 15 is 0 Å². The van der Waals surface area contributed by atoms with Crippen LogP contribution in [0.3, 0.4) is 0 Å². The first-order valence-electron chi connectivity index (χ1n) is 6.70. The normalized spacial score (nSPS) is 20.5. The minimum Gasteiger partial charge on any atom is -0.480 e. The van der Waals surface area contributed by atoms with Gasteiger partial charge in [0, 0.05) is 25.6 Å². The Hall–Kier alpha value is -1.59. The third-order valence-corrected chi connectivity index (χ3v) is 3.66. The van der Waals surface area contributed by atoms with Crippen molar-refractivity contribution in [3.05, 3.63) is 0 Å². The van der Waals surface area contributed by atoms with E-state index < -0.39 is 11.9 Å². The summed E-state index contributed by atoms with van der Waals surface area (Å²) < 4.78 is 0. The molecule has 1 heterocycles. The van der Waals surface area contributed by atoms with Crippen LogP contribution in [0.25, 0.3) is 0 Å². The van der Waals surface area contributed by atoms with E-state index in [2.05, 4.69) is 0 Å². The predicted molar refractivity (Wildman–Crippen MR) is 69.5 cm³/mol. The highest BCUT2D eigenvalue weighted by Crippen LogP contribution is 2.21. The third-order valence-electron chi connectivity index (χ3n) is 3.66. The summed E-state index contributed by atoms with van der Waals surface area (Å²) in [4.78, 5) is 37.9. The Kier molecular flexibility index (Phi) is 5.32. The van der Waals surface area contributed by atoms with Gasteiger partial charge < -0.3 is 14.9 Å². The second kappa shape index (κ2) is 6.54. The molecular formula is C13H22N2O4. The van der Waals surface area contributed by atoms with Crippen LogP contribution in [-0.4, -0.2) is 58.4 Å². The average Bonchev–Trinajstić information content (AvgIpc) is 2.75. The number of rotatable bonds is 6. The molecule has 1 N–H and O–H groups in total. The summed E-state index contributed by atoms with van der Waals surface area (Å²) in [5, 5.41) is 8.90. The smallest absolute Gasteiger partial charge is 0.323 e. The molecule has 0 saturated carbocycles. The lowest BCUT2D eigenvalue weighted by atomic mass is 10.1. The van der Waals surface area contributed by atoms with Crippen molar-refractivity contribution in [3.63, 3.8) is 0 Å². The van der Waals surface area contributed by atoms with Crippen LogP contribution in [0.1, 0.15) is 33.6 Å². The number of aliphatic carboxylic acids is 1. The maximum absolute atomic E-state index is 12.4. The summed E-state index contributed by atoms with van der Waals surface area (Å²) >= 11 is 0. The van der Waals surface area contributed by atoms with Gasteiger partial charge in [-0.1, -0.05) is 6.92 Å². The van der Waals surface area contributed by atoms with Gasteiger partial charge in [-0.2, -0.15) is 0 Å². The van der Waals surface area contributed by atoms with E-state index in [4.69, 9.17) is 5.11 Å². The first-order valence-corrected chi connectivity index (χ1v) is 6.70. The van der Waals surface area contributed by atoms with Crippen molar-refractivity contribution in [3.8, 4) is 0 Å². The molecule has 0 spiro atoms. The number of carbonyl (C=O) groups excluding carboxylic acids is 2. The lowest BCUT2D eigenvalue weighted by molar-refractivity contribution is -0.148. The predicted octanol–water partition coefficient (Wildman–Crippen LogP) is 0.566. The monoisotopic (exact) mass is 270 g/mol. The molecule has 6 nitrogen and oxygen atoms in total. The number of likely N-dealkylation sites (tertiary alicyclic amines) is 1. The number of carboxylic acid groups (broad SMARTS) is 1. The lowest BCUT2D eigenvalue weighted by Gasteiger charge is -2.29. The molecule has 1 fully saturated rings. The van der Waals surface area contributed by atoms with Gasteiger partial charge >= 0.3 is 5.97 Å². The summed E-state index contributed by atoms with van der Waals surface area (Å²) in [6.07, 6.45) is 0.885. The first-order chi connectivity index (χ1) is 8.90. The highest BCUT2D eigenvalue weighted by molar-refractivity contribution is 5.90. The van der Waals surface area contributed by atoms with Crippen molar-refractivity contribution in [2.45, 2.75) is 39.7 Å². The molecule has 1 saturated heterocycles. The number of amides is 2. The maximum atomic E-state index is 12.4. The van der Waals surface area contributed by atoms with Crippen LogP contribution in [0.2, 0.25) is 0 Å². The molecule has 1 rings (SSSR count). The van der Waals surface area contributed by atoms with Crippen molar-refractivity contribution in [1.29, 1.82) is 0 Å². The van der Waals surface area contributed by atoms with Crippen molar-refractivity contribution < 1.29 is 19.5 Å². The molecule has 2 unspecified atom stereocenters. The Labute approximate surface area is 113 Å². The van der Waals surface area contributed by atoms with Crippen molar-refractivity contribution in [2.24, 2.45) is 5.92 Å². The molecule has 2 atom stereocenters. The van der Waals surface area contributed by atoms with Gasteiger partial charge in [0.2, 0.25) is 11.8 Å². The Balaban J connectivity index is 2.77. The SMILES string of the molecule is CCC(C)N(CC(=O)O)C(=O)C1CC(=O)N(CC)C1. The Morgan fingerprint density at radius 1 is 1.47 bits per heavy atom. The van der Waals surface area contributed by atoms with Gasteiger partial charge in [-0.25, -0.2) is 0 Å². The van der Waals surface area contributed by atoms with Crippen molar-refractivity contribution >= 4 is 17.8 Å². The number of hydrogen-bond acceptors (Lipinski definition) is 3. The van der Waals surface area contributed by atoms with Crippen molar-refractivity contribution in [1.82, 2.24) is 9.80 Å². The Morgan fingerprint density at radius 3 is 2.53 bits per heavy atom. The van der Waals surface area contributed by atoms with Gasteiger partial charge in [0.05, 0.1) is 5.92 Å². The topological polar surface area (TPSA) is 77.9 Å². The number of carbonyl (C=O) groups is 3. The molecule has 1 aliphatic rings. The fraction of sp³-hybridized carbons (Fsp3) is 0.769. The van der Waals surface area contributed by atoms with Crippen LogP contribution < -0.4 is 0 Å². The van der Waals surface area contributed by atoms with Gasteiger partial charge in [-0.05, 0) is 20.3 Å². The molecule has 0 aromatic rings. The minimum absolute atomic E-state index is 0.0275. The molecule has 1 aliphatic heterocycles. The van der Waals surface area contributed by atoms with Crippen LogP contribution >= 0.6 is 0 Å². The molecule has 0 radical (unpaired) electrons. The second-order valence-electron chi connectivity index (χ2n) is 4.95. The first kappa shape index (κ1) is 15.5. The Bertz CT molecular complexity index is 370. The molecular weight excluding hydrogens is 248 g/mol. The van der Waals surface area contributed by atoms with Gasteiger partial charge in [-0.3, -0.25) is 14.4 Å². The number of nitrogens with zero attached hydrogens (tertiary/aromatic N) is 2. The molecule has 0 aliphatic carbocycles. The van der Waals surface area contributed by atoms with E-state index in [0.29, 0.717) is 19.5 Å². The second-order valence-corrected chi connectivity index (χ2v) is 4.95. The molecule has 0 bridgehead atoms. The summed E-state index contributed by atoms with van der Waals surface area (Å²) in [5.41, 5.74) is 0. The molecule has 19 heavy (non-hydrogen) atoms. The minimum atomic E-state index is -1.02. The third kappa shape index (κ3) is 3.68. The maximum Gasteiger partial charge on any atom is 0.323 e. The van der Waals surface area contributed by atoms with Crippen LogP contribution in [0, 0.1) is 5.92 Å². The summed E-state index contributed by atoms with van der Waals surface area (Å²) in [5.74, 6) is -1.67. The highest BCUT2D eigenvalue weighted by Gasteiger charge is 2.37. The van der Waals surface area contributed by atoms with Crippen LogP contribution in [-0.2, 0) is 14.4 Å². The molecule has 108 valence electrons. The zero-order valence-electron chi connectivity index (χ0n) is 11.8. The number of carboxylic acids is 1. The largest absolute Gasteiger partial charge is 0.480 e. The standard InChI is InChI=1S/C13H22N2O4/c1-4-9(3)15(8-12(17)18)13(19)10-6-11(16)14(5-2)7-10/h9-10H,4-8H2,1-3H3,(H,17,18). The fourth-order valence-corrected chi connectivity index (χ4v) is 2.29. The molecule has 6 heteroatoms. The van der Waals surface area contributed by atoms with Crippen LogP contribution in [0.4, 0.5) is 0 Å². The van der Waals surface area contributed by atoms with Gasteiger partial charge in [0.1, 0.15) is 6.54 Å². The van der Waals surface area contributed by atoms with Crippen LogP contribution in [0.5, 0.6) is 0 Å². The van der Waals surface area contributed by atoms with Gasteiger partial charge in [0.15, 0.2) is 0 Å². The van der Waals surface area contributed by atoms with E-state index in [1.807, 2.05) is 20.8 Å². The Morgan fingerprint density at radius 2 is 2.11 bits per heavy atom. The average molecular weight is 270 g/mol. The van der Waals surface area contributed by atoms with E-state index in [1.54, 1.807) is 4.90 Å². The fourth-order valence-electron chi connectivity index (χ4n) is 2.29. The summed E-state index contributed by atoms with van der Waals surface area (Å²) in [6, 6.07) is -0.130. The van der Waals surface area contributed by atoms with Crippen LogP contribution in [0.15, 0.2) is 0 Å². The zero-order valence-corrected chi connectivity index (χ0v) is 11.8. The van der Waals surface area contributed by atoms with Gasteiger partial charge in [0.25, 0.3) is 0 Å². The van der Waals surface area contributed by atoms with Gasteiger partial charge in [-0.15, -0.1) is 0 Å². The van der Waals surface area contributed by atoms with E-state index in [1.165, 1.54) is 4.90 Å². The van der Waals surface area contributed by atoms with Crippen molar-refractivity contribution in [2.75, 3.05) is 19.6 Å². The quantitative estimate of drug-likeness (QED) is 0.765. The van der Waals surface area contributed by atoms with E-state index in [-0.39, 0.29) is 30.8 Å². The summed E-state index contributed by atoms with van der Waals surface area (Å²) in [6.45, 7) is 6.30. The zero-order chi connectivity index (χ0) is 14.6. The molecule has 2 amide bonds. The number of hydrogen-bond donors (Lipinski definition) is 1. The molecule has 0 aromatic heterocycles. The molecule has 0 aromatic carbocycles. The van der Waals surface area contributed by atoms with E-state index in [0.717, 1.165) is 0 Å². The highest BCUT2D eigenvalue weighted by atomic mass is 16.4.